The summed E-state index contributed by atoms with van der Waals surface area (Å²) >= 11 is 0. The van der Waals surface area contributed by atoms with Crippen molar-refractivity contribution < 1.29 is 4.79 Å². The summed E-state index contributed by atoms with van der Waals surface area (Å²) < 4.78 is 0. The molecule has 0 aromatic carbocycles. The van der Waals surface area contributed by atoms with Crippen molar-refractivity contribution in [3.63, 3.8) is 0 Å². The van der Waals surface area contributed by atoms with Crippen LogP contribution in [-0.2, 0) is 4.79 Å². The molecular formula is C15H25Cl2N3O. The van der Waals surface area contributed by atoms with Gasteiger partial charge in [-0.15, -0.1) is 24.8 Å². The van der Waals surface area contributed by atoms with Crippen LogP contribution in [0.2, 0.25) is 0 Å². The van der Waals surface area contributed by atoms with Gasteiger partial charge in [0.1, 0.15) is 0 Å². The second kappa shape index (κ2) is 9.98. The van der Waals surface area contributed by atoms with Gasteiger partial charge in [-0.1, -0.05) is 6.92 Å². The van der Waals surface area contributed by atoms with Crippen molar-refractivity contribution >= 4 is 36.4 Å². The van der Waals surface area contributed by atoms with E-state index in [0.717, 1.165) is 24.3 Å². The number of pyridine rings is 1. The number of carbonyl (C=O) groups is 1. The first-order chi connectivity index (χ1) is 9.15. The molecule has 1 aliphatic rings. The van der Waals surface area contributed by atoms with Crippen molar-refractivity contribution in [1.82, 2.24) is 10.3 Å². The van der Waals surface area contributed by atoms with Crippen molar-refractivity contribution in [1.29, 1.82) is 0 Å². The minimum absolute atomic E-state index is 0. The number of aryl methyl sites for hydroxylation is 1. The van der Waals surface area contributed by atoms with E-state index in [2.05, 4.69) is 22.5 Å². The fraction of sp³-hybridized carbons (Fsp3) is 0.600. The minimum Gasteiger partial charge on any atom is -0.325 e. The lowest BCUT2D eigenvalue weighted by Crippen LogP contribution is -2.32. The maximum atomic E-state index is 12.0. The monoisotopic (exact) mass is 333 g/mol. The molecule has 0 saturated carbocycles. The van der Waals surface area contributed by atoms with Crippen LogP contribution in [0.4, 0.5) is 5.69 Å². The molecular weight excluding hydrogens is 309 g/mol. The Labute approximate surface area is 139 Å². The largest absolute Gasteiger partial charge is 0.325 e. The summed E-state index contributed by atoms with van der Waals surface area (Å²) in [5.74, 6) is 1.21. The molecule has 0 radical (unpaired) electrons. The number of carbonyl (C=O) groups excluding carboxylic acids is 1. The number of nitrogens with zero attached hydrogens (tertiary/aromatic N) is 1. The predicted octanol–water partition coefficient (Wildman–Crippen LogP) is 3.20. The fourth-order valence-corrected chi connectivity index (χ4v) is 2.71. The summed E-state index contributed by atoms with van der Waals surface area (Å²) in [6, 6.07) is 1.94. The van der Waals surface area contributed by atoms with Gasteiger partial charge < -0.3 is 10.6 Å². The summed E-state index contributed by atoms with van der Waals surface area (Å²) in [6.45, 7) is 6.32. The number of hydrogen-bond donors (Lipinski definition) is 2. The van der Waals surface area contributed by atoms with Crippen LogP contribution in [0.15, 0.2) is 18.5 Å². The van der Waals surface area contributed by atoms with E-state index in [1.807, 2.05) is 13.0 Å². The molecule has 0 bridgehead atoms. The highest BCUT2D eigenvalue weighted by atomic mass is 35.5. The first-order valence-electron chi connectivity index (χ1n) is 7.07. The molecule has 1 aliphatic heterocycles. The SMILES string of the molecule is Cc1cncc(NC(=O)CC(C)C2CCNCC2)c1.Cl.Cl. The van der Waals surface area contributed by atoms with E-state index in [1.54, 1.807) is 12.4 Å². The molecule has 21 heavy (non-hydrogen) atoms. The van der Waals surface area contributed by atoms with Crippen LogP contribution in [0, 0.1) is 18.8 Å². The van der Waals surface area contributed by atoms with Crippen LogP contribution in [0.5, 0.6) is 0 Å². The van der Waals surface area contributed by atoms with Crippen molar-refractivity contribution in [2.45, 2.75) is 33.1 Å². The van der Waals surface area contributed by atoms with Gasteiger partial charge in [0.25, 0.3) is 0 Å². The Balaban J connectivity index is 0.00000200. The Morgan fingerprint density at radius 3 is 2.67 bits per heavy atom. The van der Waals surface area contributed by atoms with E-state index >= 15 is 0 Å². The molecule has 4 nitrogen and oxygen atoms in total. The number of anilines is 1. The zero-order chi connectivity index (χ0) is 13.7. The highest BCUT2D eigenvalue weighted by Crippen LogP contribution is 2.24. The number of aromatic nitrogens is 1. The van der Waals surface area contributed by atoms with Crippen molar-refractivity contribution in [3.8, 4) is 0 Å². The number of halogens is 2. The Kier molecular flexibility index (Phi) is 9.58. The summed E-state index contributed by atoms with van der Waals surface area (Å²) in [7, 11) is 0. The third kappa shape index (κ3) is 6.64. The molecule has 1 saturated heterocycles. The maximum absolute atomic E-state index is 12.0. The van der Waals surface area contributed by atoms with E-state index in [0.29, 0.717) is 18.3 Å². The lowest BCUT2D eigenvalue weighted by Gasteiger charge is -2.27. The van der Waals surface area contributed by atoms with Crippen LogP contribution in [0.3, 0.4) is 0 Å². The van der Waals surface area contributed by atoms with Crippen molar-refractivity contribution in [2.75, 3.05) is 18.4 Å². The topological polar surface area (TPSA) is 54.0 Å². The molecule has 1 amide bonds. The second-order valence-corrected chi connectivity index (χ2v) is 5.57. The van der Waals surface area contributed by atoms with Gasteiger partial charge in [0.15, 0.2) is 0 Å². The summed E-state index contributed by atoms with van der Waals surface area (Å²) in [4.78, 5) is 16.1. The number of hydrogen-bond acceptors (Lipinski definition) is 3. The zero-order valence-corrected chi connectivity index (χ0v) is 14.2. The average Bonchev–Trinajstić information content (AvgIpc) is 2.39. The first kappa shape index (κ1) is 20.2. The van der Waals surface area contributed by atoms with Gasteiger partial charge in [-0.2, -0.15) is 0 Å². The number of piperidine rings is 1. The second-order valence-electron chi connectivity index (χ2n) is 5.57. The molecule has 2 rings (SSSR count). The number of nitrogens with one attached hydrogen (secondary N) is 2. The van der Waals surface area contributed by atoms with Crippen LogP contribution < -0.4 is 10.6 Å². The van der Waals surface area contributed by atoms with Gasteiger partial charge in [0.05, 0.1) is 11.9 Å². The number of rotatable bonds is 4. The van der Waals surface area contributed by atoms with Crippen LogP contribution in [0.1, 0.15) is 31.7 Å². The average molecular weight is 334 g/mol. The molecule has 2 heterocycles. The molecule has 1 unspecified atom stereocenters. The molecule has 2 N–H and O–H groups in total. The molecule has 0 spiro atoms. The lowest BCUT2D eigenvalue weighted by atomic mass is 9.84. The Morgan fingerprint density at radius 1 is 1.38 bits per heavy atom. The lowest BCUT2D eigenvalue weighted by molar-refractivity contribution is -0.117. The highest BCUT2D eigenvalue weighted by Gasteiger charge is 2.21. The van der Waals surface area contributed by atoms with Gasteiger partial charge in [0.2, 0.25) is 5.91 Å². The zero-order valence-electron chi connectivity index (χ0n) is 12.6. The third-order valence-corrected chi connectivity index (χ3v) is 3.85. The van der Waals surface area contributed by atoms with Gasteiger partial charge in [-0.3, -0.25) is 9.78 Å². The molecule has 120 valence electrons. The molecule has 1 fully saturated rings. The Hall–Kier alpha value is -0.840. The molecule has 1 aromatic heterocycles. The summed E-state index contributed by atoms with van der Waals surface area (Å²) in [5.41, 5.74) is 1.85. The van der Waals surface area contributed by atoms with E-state index in [-0.39, 0.29) is 30.7 Å². The minimum atomic E-state index is 0. The quantitative estimate of drug-likeness (QED) is 0.889. The highest BCUT2D eigenvalue weighted by molar-refractivity contribution is 5.90. The predicted molar refractivity (Wildman–Crippen MR) is 91.5 cm³/mol. The Bertz CT molecular complexity index is 437. The van der Waals surface area contributed by atoms with Crippen LogP contribution >= 0.6 is 24.8 Å². The first-order valence-corrected chi connectivity index (χ1v) is 7.07. The van der Waals surface area contributed by atoms with Gasteiger partial charge in [0, 0.05) is 12.6 Å². The van der Waals surface area contributed by atoms with E-state index in [9.17, 15) is 4.79 Å². The molecule has 1 atom stereocenters. The van der Waals surface area contributed by atoms with Gasteiger partial charge in [-0.25, -0.2) is 0 Å². The molecule has 6 heteroatoms. The third-order valence-electron chi connectivity index (χ3n) is 3.85. The van der Waals surface area contributed by atoms with E-state index < -0.39 is 0 Å². The normalized spacial score (nSPS) is 16.3. The Morgan fingerprint density at radius 2 is 2.05 bits per heavy atom. The standard InChI is InChI=1S/C15H23N3O.2ClH/c1-11-7-14(10-17-9-11)18-15(19)8-12(2)13-3-5-16-6-4-13;;/h7,9-10,12-13,16H,3-6,8H2,1-2H3,(H,18,19);2*1H. The van der Waals surface area contributed by atoms with Crippen LogP contribution in [0.25, 0.3) is 0 Å². The van der Waals surface area contributed by atoms with Crippen molar-refractivity contribution in [2.24, 2.45) is 11.8 Å². The maximum Gasteiger partial charge on any atom is 0.224 e. The summed E-state index contributed by atoms with van der Waals surface area (Å²) in [6.07, 6.45) is 6.44. The van der Waals surface area contributed by atoms with Gasteiger partial charge in [-0.05, 0) is 56.3 Å². The summed E-state index contributed by atoms with van der Waals surface area (Å²) in [5, 5.41) is 6.30. The smallest absolute Gasteiger partial charge is 0.224 e. The van der Waals surface area contributed by atoms with Gasteiger partial charge >= 0.3 is 0 Å². The number of amides is 1. The van der Waals surface area contributed by atoms with Crippen LogP contribution in [-0.4, -0.2) is 24.0 Å². The van der Waals surface area contributed by atoms with Crippen molar-refractivity contribution in [3.05, 3.63) is 24.0 Å². The van der Waals surface area contributed by atoms with E-state index in [1.165, 1.54) is 12.8 Å². The molecule has 0 aliphatic carbocycles. The molecule has 1 aromatic rings. The van der Waals surface area contributed by atoms with E-state index in [4.69, 9.17) is 0 Å². The fourth-order valence-electron chi connectivity index (χ4n) is 2.71.